The number of para-hydroxylation sites is 3. The van der Waals surface area contributed by atoms with E-state index in [0.717, 1.165) is 0 Å². The SMILES string of the molecule is CCCC(=O)OCC(=O)Nc1ccccc1Oc1ccccc1. The van der Waals surface area contributed by atoms with Gasteiger partial charge in [0.2, 0.25) is 0 Å². The minimum atomic E-state index is -0.404. The van der Waals surface area contributed by atoms with Gasteiger partial charge in [0.15, 0.2) is 12.4 Å². The summed E-state index contributed by atoms with van der Waals surface area (Å²) in [6, 6.07) is 16.4. The summed E-state index contributed by atoms with van der Waals surface area (Å²) in [5.41, 5.74) is 0.521. The van der Waals surface area contributed by atoms with Gasteiger partial charge in [0.25, 0.3) is 5.91 Å². The molecule has 2 rings (SSSR count). The largest absolute Gasteiger partial charge is 0.456 e. The minimum absolute atomic E-state index is 0.307. The van der Waals surface area contributed by atoms with Crippen LogP contribution in [0.4, 0.5) is 5.69 Å². The molecule has 0 radical (unpaired) electrons. The topological polar surface area (TPSA) is 64.6 Å². The fourth-order valence-electron chi connectivity index (χ4n) is 1.88. The van der Waals surface area contributed by atoms with Crippen molar-refractivity contribution in [1.29, 1.82) is 0 Å². The second kappa shape index (κ2) is 8.58. The van der Waals surface area contributed by atoms with E-state index in [0.29, 0.717) is 30.0 Å². The molecule has 0 unspecified atom stereocenters. The quantitative estimate of drug-likeness (QED) is 0.790. The van der Waals surface area contributed by atoms with Gasteiger partial charge in [-0.1, -0.05) is 37.3 Å². The van der Waals surface area contributed by atoms with Crippen LogP contribution in [-0.2, 0) is 14.3 Å². The lowest BCUT2D eigenvalue weighted by molar-refractivity contribution is -0.147. The summed E-state index contributed by atoms with van der Waals surface area (Å²) in [6.45, 7) is 1.57. The van der Waals surface area contributed by atoms with Gasteiger partial charge in [0.05, 0.1) is 5.69 Å². The zero-order valence-electron chi connectivity index (χ0n) is 13.0. The number of carbonyl (C=O) groups excluding carboxylic acids is 2. The number of nitrogens with one attached hydrogen (secondary N) is 1. The third-order valence-corrected chi connectivity index (χ3v) is 2.95. The number of esters is 1. The summed E-state index contributed by atoms with van der Waals surface area (Å²) in [6.07, 6.45) is 0.995. The average Bonchev–Trinajstić information content (AvgIpc) is 2.56. The number of amides is 1. The number of hydrogen-bond acceptors (Lipinski definition) is 4. The smallest absolute Gasteiger partial charge is 0.306 e. The van der Waals surface area contributed by atoms with Gasteiger partial charge in [-0.2, -0.15) is 0 Å². The molecule has 23 heavy (non-hydrogen) atoms. The molecule has 1 amide bonds. The van der Waals surface area contributed by atoms with Crippen LogP contribution in [0.25, 0.3) is 0 Å². The van der Waals surface area contributed by atoms with E-state index in [1.54, 1.807) is 18.2 Å². The Kier molecular flexibility index (Phi) is 6.17. The van der Waals surface area contributed by atoms with E-state index >= 15 is 0 Å². The Labute approximate surface area is 135 Å². The lowest BCUT2D eigenvalue weighted by Crippen LogP contribution is -2.21. The van der Waals surface area contributed by atoms with Crippen LogP contribution < -0.4 is 10.1 Å². The number of ether oxygens (including phenoxy) is 2. The van der Waals surface area contributed by atoms with E-state index in [1.165, 1.54) is 0 Å². The third kappa shape index (κ3) is 5.47. The Bertz CT molecular complexity index is 655. The van der Waals surface area contributed by atoms with E-state index in [1.807, 2.05) is 43.3 Å². The highest BCUT2D eigenvalue weighted by Crippen LogP contribution is 2.28. The Balaban J connectivity index is 1.97. The van der Waals surface area contributed by atoms with Gasteiger partial charge in [0, 0.05) is 6.42 Å². The average molecular weight is 313 g/mol. The summed E-state index contributed by atoms with van der Waals surface area (Å²) in [4.78, 5) is 23.2. The van der Waals surface area contributed by atoms with Crippen molar-refractivity contribution in [2.75, 3.05) is 11.9 Å². The van der Waals surface area contributed by atoms with Crippen molar-refractivity contribution in [3.05, 3.63) is 54.6 Å². The number of benzene rings is 2. The van der Waals surface area contributed by atoms with Crippen LogP contribution in [0.3, 0.4) is 0 Å². The molecule has 0 heterocycles. The van der Waals surface area contributed by atoms with Crippen molar-refractivity contribution in [2.45, 2.75) is 19.8 Å². The molecule has 0 spiro atoms. The van der Waals surface area contributed by atoms with Crippen LogP contribution in [0.5, 0.6) is 11.5 Å². The molecule has 0 aliphatic carbocycles. The first-order valence-electron chi connectivity index (χ1n) is 7.46. The molecule has 0 saturated carbocycles. The highest BCUT2D eigenvalue weighted by Gasteiger charge is 2.10. The number of anilines is 1. The maximum Gasteiger partial charge on any atom is 0.306 e. The van der Waals surface area contributed by atoms with E-state index in [2.05, 4.69) is 5.32 Å². The van der Waals surface area contributed by atoms with Crippen molar-refractivity contribution >= 4 is 17.6 Å². The molecule has 0 aliphatic rings. The van der Waals surface area contributed by atoms with Crippen molar-refractivity contribution < 1.29 is 19.1 Å². The van der Waals surface area contributed by atoms with Crippen LogP contribution >= 0.6 is 0 Å². The van der Waals surface area contributed by atoms with Crippen molar-refractivity contribution in [3.63, 3.8) is 0 Å². The maximum atomic E-state index is 11.9. The monoisotopic (exact) mass is 313 g/mol. The molecule has 5 nitrogen and oxygen atoms in total. The van der Waals surface area contributed by atoms with E-state index in [-0.39, 0.29) is 12.6 Å². The Morgan fingerprint density at radius 2 is 1.70 bits per heavy atom. The molecule has 0 bridgehead atoms. The van der Waals surface area contributed by atoms with Gasteiger partial charge in [-0.25, -0.2) is 0 Å². The van der Waals surface area contributed by atoms with E-state index in [9.17, 15) is 9.59 Å². The zero-order chi connectivity index (χ0) is 16.5. The summed E-state index contributed by atoms with van der Waals surface area (Å²) >= 11 is 0. The molecule has 0 fully saturated rings. The molecular weight excluding hydrogens is 294 g/mol. The molecule has 120 valence electrons. The Morgan fingerprint density at radius 1 is 1.00 bits per heavy atom. The Hall–Kier alpha value is -2.82. The molecule has 1 N–H and O–H groups in total. The molecule has 5 heteroatoms. The molecule has 0 aliphatic heterocycles. The molecule has 0 atom stereocenters. The van der Waals surface area contributed by atoms with Crippen LogP contribution in [-0.4, -0.2) is 18.5 Å². The molecule has 2 aromatic carbocycles. The molecule has 0 aromatic heterocycles. The van der Waals surface area contributed by atoms with Crippen LogP contribution in [0.2, 0.25) is 0 Å². The van der Waals surface area contributed by atoms with E-state index < -0.39 is 5.91 Å². The van der Waals surface area contributed by atoms with Gasteiger partial charge >= 0.3 is 5.97 Å². The summed E-state index contributed by atoms with van der Waals surface area (Å²) in [7, 11) is 0. The van der Waals surface area contributed by atoms with Crippen molar-refractivity contribution in [3.8, 4) is 11.5 Å². The standard InChI is InChI=1S/C18H19NO4/c1-2-8-18(21)22-13-17(20)19-15-11-6-7-12-16(15)23-14-9-4-3-5-10-14/h3-7,9-12H,2,8,13H2,1H3,(H,19,20). The molecular formula is C18H19NO4. The second-order valence-electron chi connectivity index (χ2n) is 4.87. The number of hydrogen-bond donors (Lipinski definition) is 1. The number of rotatable bonds is 7. The summed E-state index contributed by atoms with van der Waals surface area (Å²) in [5.74, 6) is 0.408. The predicted molar refractivity (Wildman–Crippen MR) is 87.5 cm³/mol. The van der Waals surface area contributed by atoms with Gasteiger partial charge in [-0.05, 0) is 30.7 Å². The van der Waals surface area contributed by atoms with Crippen molar-refractivity contribution in [1.82, 2.24) is 0 Å². The normalized spacial score (nSPS) is 9.96. The molecule has 2 aromatic rings. The summed E-state index contributed by atoms with van der Waals surface area (Å²) in [5, 5.41) is 2.69. The van der Waals surface area contributed by atoms with Gasteiger partial charge in [0.1, 0.15) is 5.75 Å². The third-order valence-electron chi connectivity index (χ3n) is 2.95. The maximum absolute atomic E-state index is 11.9. The second-order valence-corrected chi connectivity index (χ2v) is 4.87. The summed E-state index contributed by atoms with van der Waals surface area (Å²) < 4.78 is 10.6. The predicted octanol–water partition coefficient (Wildman–Crippen LogP) is 3.76. The Morgan fingerprint density at radius 3 is 2.43 bits per heavy atom. The van der Waals surface area contributed by atoms with E-state index in [4.69, 9.17) is 9.47 Å². The van der Waals surface area contributed by atoms with Gasteiger partial charge in [-0.3, -0.25) is 9.59 Å². The van der Waals surface area contributed by atoms with Crippen molar-refractivity contribution in [2.24, 2.45) is 0 Å². The lowest BCUT2D eigenvalue weighted by atomic mass is 10.3. The first kappa shape index (κ1) is 16.5. The number of carbonyl (C=O) groups is 2. The fraction of sp³-hybridized carbons (Fsp3) is 0.222. The minimum Gasteiger partial charge on any atom is -0.456 e. The lowest BCUT2D eigenvalue weighted by Gasteiger charge is -2.12. The fourth-order valence-corrected chi connectivity index (χ4v) is 1.88. The van der Waals surface area contributed by atoms with Crippen LogP contribution in [0.1, 0.15) is 19.8 Å². The highest BCUT2D eigenvalue weighted by atomic mass is 16.5. The van der Waals surface area contributed by atoms with Crippen LogP contribution in [0, 0.1) is 0 Å². The van der Waals surface area contributed by atoms with Gasteiger partial charge in [-0.15, -0.1) is 0 Å². The highest BCUT2D eigenvalue weighted by molar-refractivity contribution is 5.94. The van der Waals surface area contributed by atoms with Gasteiger partial charge < -0.3 is 14.8 Å². The molecule has 0 saturated heterocycles. The first-order chi connectivity index (χ1) is 11.2. The first-order valence-corrected chi connectivity index (χ1v) is 7.46. The van der Waals surface area contributed by atoms with Crippen LogP contribution in [0.15, 0.2) is 54.6 Å². The zero-order valence-corrected chi connectivity index (χ0v) is 13.0.